The van der Waals surface area contributed by atoms with E-state index in [0.29, 0.717) is 50.8 Å². The lowest BCUT2D eigenvalue weighted by molar-refractivity contribution is -0.165. The molecule has 0 bridgehead atoms. The van der Waals surface area contributed by atoms with E-state index in [1.807, 2.05) is 0 Å². The highest BCUT2D eigenvalue weighted by Gasteiger charge is 2.53. The number of fused-ring (bicyclic) bond motifs is 4. The number of alkyl halides is 4. The molecule has 236 valence electrons. The molecule has 1 aliphatic carbocycles. The second kappa shape index (κ2) is 11.0. The Balaban J connectivity index is 1.29. The monoisotopic (exact) mass is 616 g/mol. The SMILES string of the molecule is N#Cc1c(N)ccc2c1[C@]1(CC[C@@H]2C(F)(F)F)Cc2nc(OC[C@@]34CCCN3C[C@H](F)C4)nc(N3CCCOCC3)c2CO1. The number of nitriles is 1. The van der Waals surface area contributed by atoms with Crippen molar-refractivity contribution in [3.63, 3.8) is 0 Å². The summed E-state index contributed by atoms with van der Waals surface area (Å²) in [5.41, 5.74) is 6.24. The molecular weight excluding hydrogens is 580 g/mol. The van der Waals surface area contributed by atoms with Crippen molar-refractivity contribution in [2.45, 2.75) is 81.0 Å². The van der Waals surface area contributed by atoms with Crippen LogP contribution in [0.15, 0.2) is 12.1 Å². The first-order chi connectivity index (χ1) is 21.1. The Kier molecular flexibility index (Phi) is 7.37. The number of nitrogens with two attached hydrogens (primary N) is 1. The highest BCUT2D eigenvalue weighted by Crippen LogP contribution is 2.54. The number of nitrogen functional groups attached to an aromatic ring is 1. The number of halogens is 4. The van der Waals surface area contributed by atoms with Gasteiger partial charge in [0.05, 0.1) is 35.9 Å². The van der Waals surface area contributed by atoms with E-state index in [9.17, 15) is 22.8 Å². The Labute approximate surface area is 253 Å². The molecule has 44 heavy (non-hydrogen) atoms. The fourth-order valence-corrected chi connectivity index (χ4v) is 8.11. The summed E-state index contributed by atoms with van der Waals surface area (Å²) in [6, 6.07) is 4.97. The third-order valence-corrected chi connectivity index (χ3v) is 10.2. The van der Waals surface area contributed by atoms with E-state index in [0.717, 1.165) is 31.4 Å². The molecule has 4 atom stereocenters. The van der Waals surface area contributed by atoms with Crippen LogP contribution in [-0.2, 0) is 28.1 Å². The minimum Gasteiger partial charge on any atom is -0.461 e. The van der Waals surface area contributed by atoms with Gasteiger partial charge in [0.1, 0.15) is 30.3 Å². The molecular formula is C31H36F4N6O3. The molecule has 1 aromatic carbocycles. The summed E-state index contributed by atoms with van der Waals surface area (Å²) in [4.78, 5) is 13.9. The molecule has 1 spiro atoms. The second-order valence-corrected chi connectivity index (χ2v) is 12.8. The molecule has 5 aliphatic rings. The third-order valence-electron chi connectivity index (χ3n) is 10.2. The summed E-state index contributed by atoms with van der Waals surface area (Å²) < 4.78 is 75.5. The molecule has 7 rings (SSSR count). The van der Waals surface area contributed by atoms with Gasteiger partial charge in [0.25, 0.3) is 0 Å². The highest BCUT2D eigenvalue weighted by atomic mass is 19.4. The van der Waals surface area contributed by atoms with Crippen molar-refractivity contribution < 1.29 is 31.8 Å². The minimum absolute atomic E-state index is 0.0118. The lowest BCUT2D eigenvalue weighted by Crippen LogP contribution is -2.44. The average molecular weight is 617 g/mol. The summed E-state index contributed by atoms with van der Waals surface area (Å²) in [5.74, 6) is -1.07. The van der Waals surface area contributed by atoms with Gasteiger partial charge in [-0.05, 0) is 50.3 Å². The zero-order valence-electron chi connectivity index (χ0n) is 24.5. The number of aromatic nitrogens is 2. The van der Waals surface area contributed by atoms with Crippen molar-refractivity contribution in [3.05, 3.63) is 40.1 Å². The molecule has 5 heterocycles. The molecule has 0 saturated carbocycles. The van der Waals surface area contributed by atoms with Gasteiger partial charge in [-0.15, -0.1) is 0 Å². The van der Waals surface area contributed by atoms with Crippen LogP contribution in [0.25, 0.3) is 0 Å². The van der Waals surface area contributed by atoms with E-state index >= 15 is 0 Å². The van der Waals surface area contributed by atoms with E-state index in [-0.39, 0.29) is 60.9 Å². The van der Waals surface area contributed by atoms with Crippen LogP contribution in [0.2, 0.25) is 0 Å². The van der Waals surface area contributed by atoms with Gasteiger partial charge in [-0.3, -0.25) is 4.90 Å². The van der Waals surface area contributed by atoms with E-state index in [2.05, 4.69) is 15.9 Å². The summed E-state index contributed by atoms with van der Waals surface area (Å²) in [6.07, 6.45) is -2.38. The van der Waals surface area contributed by atoms with E-state index in [1.54, 1.807) is 0 Å². The molecule has 2 N–H and O–H groups in total. The van der Waals surface area contributed by atoms with Crippen molar-refractivity contribution in [2.24, 2.45) is 0 Å². The fourth-order valence-electron chi connectivity index (χ4n) is 8.11. The molecule has 4 aliphatic heterocycles. The number of benzene rings is 1. The predicted octanol–water partition coefficient (Wildman–Crippen LogP) is 4.52. The summed E-state index contributed by atoms with van der Waals surface area (Å²) in [6.45, 7) is 3.98. The standard InChI is InChI=1S/C31H36F4N6O3/c32-19-13-29(6-1-9-41(29)16-19)18-43-28-38-25-14-30(44-17-22(25)27(39-28)40-8-2-11-42-12-10-40)7-5-23(31(33,34)35)20-3-4-24(37)21(15-36)26(20)30/h3-4,19,23H,1-2,5-14,16-18,37H2/t19-,23+,29+,30+/m1/s1. The number of hydrogen-bond acceptors (Lipinski definition) is 9. The van der Waals surface area contributed by atoms with Gasteiger partial charge in [-0.2, -0.15) is 28.4 Å². The van der Waals surface area contributed by atoms with Crippen LogP contribution < -0.4 is 15.4 Å². The Hall–Kier alpha value is -3.21. The van der Waals surface area contributed by atoms with Crippen LogP contribution in [0.1, 0.15) is 72.4 Å². The molecule has 3 saturated heterocycles. The first-order valence-corrected chi connectivity index (χ1v) is 15.4. The third kappa shape index (κ3) is 4.95. The Bertz CT molecular complexity index is 1480. The van der Waals surface area contributed by atoms with Gasteiger partial charge >= 0.3 is 12.2 Å². The quantitative estimate of drug-likeness (QED) is 0.392. The summed E-state index contributed by atoms with van der Waals surface area (Å²) in [7, 11) is 0. The number of rotatable bonds is 4. The van der Waals surface area contributed by atoms with E-state index in [4.69, 9.17) is 29.9 Å². The van der Waals surface area contributed by atoms with Gasteiger partial charge in [0.2, 0.25) is 0 Å². The fraction of sp³-hybridized carbons (Fsp3) is 0.645. The molecule has 13 heteroatoms. The number of hydrogen-bond donors (Lipinski definition) is 1. The van der Waals surface area contributed by atoms with Crippen molar-refractivity contribution in [3.8, 4) is 12.1 Å². The highest BCUT2D eigenvalue weighted by molar-refractivity contribution is 5.64. The predicted molar refractivity (Wildman–Crippen MR) is 152 cm³/mol. The van der Waals surface area contributed by atoms with Crippen molar-refractivity contribution in [1.29, 1.82) is 5.26 Å². The van der Waals surface area contributed by atoms with Crippen LogP contribution in [0, 0.1) is 11.3 Å². The second-order valence-electron chi connectivity index (χ2n) is 12.8. The average Bonchev–Trinajstić information content (AvgIpc) is 3.37. The molecule has 2 aromatic rings. The van der Waals surface area contributed by atoms with Crippen molar-refractivity contribution in [2.75, 3.05) is 56.6 Å². The maximum absolute atomic E-state index is 14.4. The first-order valence-electron chi connectivity index (χ1n) is 15.4. The zero-order chi connectivity index (χ0) is 30.7. The molecule has 0 amide bonds. The van der Waals surface area contributed by atoms with Crippen LogP contribution in [0.5, 0.6) is 6.01 Å². The van der Waals surface area contributed by atoms with Crippen molar-refractivity contribution in [1.82, 2.24) is 14.9 Å². The summed E-state index contributed by atoms with van der Waals surface area (Å²) >= 11 is 0. The molecule has 0 unspecified atom stereocenters. The van der Waals surface area contributed by atoms with E-state index in [1.165, 1.54) is 12.1 Å². The number of ether oxygens (including phenoxy) is 3. The lowest BCUT2D eigenvalue weighted by Gasteiger charge is -2.45. The van der Waals surface area contributed by atoms with Crippen LogP contribution >= 0.6 is 0 Å². The van der Waals surface area contributed by atoms with Crippen LogP contribution in [-0.4, -0.2) is 78.8 Å². The van der Waals surface area contributed by atoms with Gasteiger partial charge in [0, 0.05) is 55.9 Å². The molecule has 9 nitrogen and oxygen atoms in total. The maximum Gasteiger partial charge on any atom is 0.395 e. The van der Waals surface area contributed by atoms with Gasteiger partial charge in [0.15, 0.2) is 0 Å². The molecule has 3 fully saturated rings. The molecule has 0 radical (unpaired) electrons. The smallest absolute Gasteiger partial charge is 0.395 e. The first kappa shape index (κ1) is 29.5. The summed E-state index contributed by atoms with van der Waals surface area (Å²) in [5, 5.41) is 10.1. The Morgan fingerprint density at radius 1 is 1.14 bits per heavy atom. The number of nitrogens with zero attached hydrogens (tertiary/aromatic N) is 5. The number of anilines is 2. The minimum atomic E-state index is -4.48. The van der Waals surface area contributed by atoms with Crippen LogP contribution in [0.3, 0.4) is 0 Å². The molecule has 1 aromatic heterocycles. The lowest BCUT2D eigenvalue weighted by atomic mass is 9.68. The Morgan fingerprint density at radius 2 is 2.00 bits per heavy atom. The van der Waals surface area contributed by atoms with Crippen LogP contribution in [0.4, 0.5) is 29.1 Å². The van der Waals surface area contributed by atoms with Gasteiger partial charge < -0.3 is 24.8 Å². The maximum atomic E-state index is 14.4. The van der Waals surface area contributed by atoms with Gasteiger partial charge in [-0.25, -0.2) is 4.39 Å². The Morgan fingerprint density at radius 3 is 2.82 bits per heavy atom. The van der Waals surface area contributed by atoms with E-state index < -0.39 is 29.4 Å². The zero-order valence-corrected chi connectivity index (χ0v) is 24.5. The largest absolute Gasteiger partial charge is 0.461 e. The van der Waals surface area contributed by atoms with Gasteiger partial charge in [-0.1, -0.05) is 6.07 Å². The topological polar surface area (TPSA) is 110 Å². The normalized spacial score (nSPS) is 30.4. The van der Waals surface area contributed by atoms with Crippen molar-refractivity contribution >= 4 is 11.5 Å².